The Kier molecular flexibility index (Phi) is 6.97. The molecule has 2 saturated carbocycles. The summed E-state index contributed by atoms with van der Waals surface area (Å²) in [4.78, 5) is 11.5. The van der Waals surface area contributed by atoms with Crippen molar-refractivity contribution >= 4 is 18.3 Å². The molecule has 2 rings (SSSR count). The van der Waals surface area contributed by atoms with Gasteiger partial charge in [-0.05, 0) is 38.1 Å². The number of carbonyl (C=O) groups is 1. The van der Waals surface area contributed by atoms with E-state index in [-0.39, 0.29) is 30.3 Å². The van der Waals surface area contributed by atoms with Crippen LogP contribution in [0.3, 0.4) is 0 Å². The zero-order valence-electron chi connectivity index (χ0n) is 10.9. The van der Waals surface area contributed by atoms with Gasteiger partial charge in [-0.3, -0.25) is 4.79 Å². The molecule has 2 fully saturated rings. The molecule has 106 valence electrons. The summed E-state index contributed by atoms with van der Waals surface area (Å²) in [6.07, 6.45) is 6.62. The number of hydrogen-bond donors (Lipinski definition) is 3. The van der Waals surface area contributed by atoms with Crippen LogP contribution in [-0.2, 0) is 4.79 Å². The molecule has 3 N–H and O–H groups in total. The predicted molar refractivity (Wildman–Crippen MR) is 73.8 cm³/mol. The van der Waals surface area contributed by atoms with E-state index < -0.39 is 0 Å². The van der Waals surface area contributed by atoms with Gasteiger partial charge in [-0.15, -0.1) is 12.4 Å². The fourth-order valence-electron chi connectivity index (χ4n) is 2.45. The molecule has 18 heavy (non-hydrogen) atoms. The summed E-state index contributed by atoms with van der Waals surface area (Å²) < 4.78 is 0. The van der Waals surface area contributed by atoms with Crippen molar-refractivity contribution in [2.24, 2.45) is 11.8 Å². The third kappa shape index (κ3) is 5.55. The maximum atomic E-state index is 11.5. The average Bonchev–Trinajstić information content (AvgIpc) is 3.12. The molecule has 2 aliphatic carbocycles. The highest BCUT2D eigenvalue weighted by atomic mass is 35.5. The lowest BCUT2D eigenvalue weighted by molar-refractivity contribution is -0.120. The minimum atomic E-state index is -0.219. The van der Waals surface area contributed by atoms with E-state index in [1.54, 1.807) is 0 Å². The van der Waals surface area contributed by atoms with Gasteiger partial charge in [-0.1, -0.05) is 12.8 Å². The zero-order chi connectivity index (χ0) is 12.1. The Labute approximate surface area is 115 Å². The molecule has 2 aliphatic rings. The number of aliphatic hydroxyl groups is 1. The Bertz CT molecular complexity index is 259. The molecule has 0 spiro atoms. The molecule has 5 heteroatoms. The summed E-state index contributed by atoms with van der Waals surface area (Å²) in [5.41, 5.74) is 0. The molecule has 4 nitrogen and oxygen atoms in total. The van der Waals surface area contributed by atoms with Gasteiger partial charge in [-0.25, -0.2) is 0 Å². The Balaban J connectivity index is 0.00000162. The molecule has 0 aromatic rings. The highest BCUT2D eigenvalue weighted by Gasteiger charge is 2.23. The van der Waals surface area contributed by atoms with Gasteiger partial charge < -0.3 is 15.7 Å². The van der Waals surface area contributed by atoms with Crippen molar-refractivity contribution in [1.29, 1.82) is 0 Å². The Hall–Kier alpha value is -0.320. The minimum Gasteiger partial charge on any atom is -0.393 e. The summed E-state index contributed by atoms with van der Waals surface area (Å²) in [5, 5.41) is 15.9. The van der Waals surface area contributed by atoms with E-state index in [4.69, 9.17) is 0 Å². The first-order chi connectivity index (χ1) is 8.25. The maximum Gasteiger partial charge on any atom is 0.233 e. The molecular weight excluding hydrogens is 252 g/mol. The summed E-state index contributed by atoms with van der Waals surface area (Å²) in [5.74, 6) is 1.13. The van der Waals surface area contributed by atoms with Crippen LogP contribution in [0.15, 0.2) is 0 Å². The quantitative estimate of drug-likeness (QED) is 0.680. The summed E-state index contributed by atoms with van der Waals surface area (Å²) in [7, 11) is 0. The first-order valence-corrected chi connectivity index (χ1v) is 6.91. The van der Waals surface area contributed by atoms with Crippen LogP contribution < -0.4 is 10.6 Å². The van der Waals surface area contributed by atoms with Crippen LogP contribution in [0.2, 0.25) is 0 Å². The molecule has 0 aliphatic heterocycles. The summed E-state index contributed by atoms with van der Waals surface area (Å²) in [6, 6.07) is 0. The van der Waals surface area contributed by atoms with Crippen LogP contribution in [0.5, 0.6) is 0 Å². The molecule has 2 atom stereocenters. The van der Waals surface area contributed by atoms with Crippen LogP contribution in [0.25, 0.3) is 0 Å². The van der Waals surface area contributed by atoms with Gasteiger partial charge in [0.05, 0.1) is 12.6 Å². The summed E-state index contributed by atoms with van der Waals surface area (Å²) in [6.45, 7) is 2.02. The molecule has 0 radical (unpaired) electrons. The van der Waals surface area contributed by atoms with E-state index in [0.29, 0.717) is 13.1 Å². The topological polar surface area (TPSA) is 61.4 Å². The van der Waals surface area contributed by atoms with Gasteiger partial charge >= 0.3 is 0 Å². The van der Waals surface area contributed by atoms with Gasteiger partial charge in [0.25, 0.3) is 0 Å². The third-order valence-corrected chi connectivity index (χ3v) is 3.85. The number of amides is 1. The van der Waals surface area contributed by atoms with Gasteiger partial charge in [0.2, 0.25) is 5.91 Å². The molecule has 1 amide bonds. The van der Waals surface area contributed by atoms with Crippen molar-refractivity contribution in [2.75, 3.05) is 19.6 Å². The van der Waals surface area contributed by atoms with Gasteiger partial charge in [0.15, 0.2) is 0 Å². The van der Waals surface area contributed by atoms with Crippen molar-refractivity contribution in [1.82, 2.24) is 10.6 Å². The molecule has 0 aromatic carbocycles. The molecule has 2 unspecified atom stereocenters. The van der Waals surface area contributed by atoms with Crippen molar-refractivity contribution in [3.05, 3.63) is 0 Å². The van der Waals surface area contributed by atoms with Gasteiger partial charge in [0.1, 0.15) is 0 Å². The first kappa shape index (κ1) is 15.7. The average molecular weight is 277 g/mol. The standard InChI is InChI=1S/C13H24N2O2.ClH/c16-12-4-2-1-3-11(12)8-15-13(17)9-14-7-10-5-6-10;/h10-12,14,16H,1-9H2,(H,15,17);1H. The number of hydrogen-bond acceptors (Lipinski definition) is 3. The number of rotatable bonds is 6. The summed E-state index contributed by atoms with van der Waals surface area (Å²) >= 11 is 0. The second-order valence-corrected chi connectivity index (χ2v) is 5.49. The molecular formula is C13H25ClN2O2. The van der Waals surface area contributed by atoms with Crippen LogP contribution in [0, 0.1) is 11.8 Å². The second-order valence-electron chi connectivity index (χ2n) is 5.49. The molecule has 0 bridgehead atoms. The van der Waals surface area contributed by atoms with E-state index in [1.165, 1.54) is 19.3 Å². The third-order valence-electron chi connectivity index (χ3n) is 3.85. The highest BCUT2D eigenvalue weighted by molar-refractivity contribution is 5.85. The molecule has 0 saturated heterocycles. The number of aliphatic hydroxyl groups excluding tert-OH is 1. The van der Waals surface area contributed by atoms with Crippen LogP contribution >= 0.6 is 12.4 Å². The van der Waals surface area contributed by atoms with Crippen molar-refractivity contribution < 1.29 is 9.90 Å². The maximum absolute atomic E-state index is 11.5. The minimum absolute atomic E-state index is 0. The van der Waals surface area contributed by atoms with E-state index in [1.807, 2.05) is 0 Å². The zero-order valence-corrected chi connectivity index (χ0v) is 11.7. The SMILES string of the molecule is Cl.O=C(CNCC1CC1)NCC1CCCCC1O. The molecule has 0 heterocycles. The van der Waals surface area contributed by atoms with Gasteiger partial charge in [-0.2, -0.15) is 0 Å². The van der Waals surface area contributed by atoms with E-state index in [2.05, 4.69) is 10.6 Å². The monoisotopic (exact) mass is 276 g/mol. The van der Waals surface area contributed by atoms with Crippen molar-refractivity contribution in [2.45, 2.75) is 44.6 Å². The van der Waals surface area contributed by atoms with Crippen molar-refractivity contribution in [3.8, 4) is 0 Å². The van der Waals surface area contributed by atoms with Crippen LogP contribution in [0.1, 0.15) is 38.5 Å². The van der Waals surface area contributed by atoms with Crippen molar-refractivity contribution in [3.63, 3.8) is 0 Å². The highest BCUT2D eigenvalue weighted by Crippen LogP contribution is 2.27. The number of nitrogens with one attached hydrogen (secondary N) is 2. The normalized spacial score (nSPS) is 27.4. The lowest BCUT2D eigenvalue weighted by Crippen LogP contribution is -2.40. The fraction of sp³-hybridized carbons (Fsp3) is 0.923. The largest absolute Gasteiger partial charge is 0.393 e. The van der Waals surface area contributed by atoms with E-state index in [9.17, 15) is 9.90 Å². The van der Waals surface area contributed by atoms with Gasteiger partial charge in [0, 0.05) is 12.5 Å². The fourth-order valence-corrected chi connectivity index (χ4v) is 2.45. The first-order valence-electron chi connectivity index (χ1n) is 6.91. The number of carbonyl (C=O) groups excluding carboxylic acids is 1. The lowest BCUT2D eigenvalue weighted by Gasteiger charge is -2.27. The lowest BCUT2D eigenvalue weighted by atomic mass is 9.86. The Morgan fingerprint density at radius 1 is 1.11 bits per heavy atom. The van der Waals surface area contributed by atoms with E-state index in [0.717, 1.165) is 31.7 Å². The van der Waals surface area contributed by atoms with Crippen LogP contribution in [0.4, 0.5) is 0 Å². The van der Waals surface area contributed by atoms with E-state index >= 15 is 0 Å². The number of halogens is 1. The Morgan fingerprint density at radius 2 is 1.83 bits per heavy atom. The second kappa shape index (κ2) is 7.97. The predicted octanol–water partition coefficient (Wildman–Crippen LogP) is 1.08. The Morgan fingerprint density at radius 3 is 2.50 bits per heavy atom. The smallest absolute Gasteiger partial charge is 0.233 e. The molecule has 0 aromatic heterocycles. The van der Waals surface area contributed by atoms with Crippen LogP contribution in [-0.4, -0.2) is 36.8 Å².